The Morgan fingerprint density at radius 1 is 1.25 bits per heavy atom. The predicted octanol–water partition coefficient (Wildman–Crippen LogP) is 3.75. The van der Waals surface area contributed by atoms with Crippen LogP contribution in [0.2, 0.25) is 0 Å². The molecule has 0 aliphatic heterocycles. The maximum Gasteiger partial charge on any atom is 0.276 e. The minimum atomic E-state index is -0.0831. The lowest BCUT2D eigenvalue weighted by atomic mass is 9.93. The van der Waals surface area contributed by atoms with Crippen LogP contribution in [0.4, 0.5) is 0 Å². The van der Waals surface area contributed by atoms with Crippen molar-refractivity contribution >= 4 is 5.91 Å². The Bertz CT molecular complexity index is 941. The van der Waals surface area contributed by atoms with Gasteiger partial charge < -0.3 is 9.42 Å². The molecule has 0 N–H and O–H groups in total. The minimum absolute atomic E-state index is 0.0831. The average Bonchev–Trinajstić information content (AvgIpc) is 3.34. The molecule has 0 saturated heterocycles. The van der Waals surface area contributed by atoms with Crippen molar-refractivity contribution in [1.29, 1.82) is 0 Å². The molecule has 0 aromatic carbocycles. The Hall–Kier alpha value is -2.96. The molecule has 0 bridgehead atoms. The SMILES string of the molecule is Cc1c(-c2cc(C(=O)N(Cc3ccncc3)C3CCCCC3)no2)cnn1C. The number of amides is 1. The van der Waals surface area contributed by atoms with E-state index in [4.69, 9.17) is 4.52 Å². The molecule has 1 aliphatic carbocycles. The van der Waals surface area contributed by atoms with Gasteiger partial charge >= 0.3 is 0 Å². The lowest BCUT2D eigenvalue weighted by Gasteiger charge is -2.34. The van der Waals surface area contributed by atoms with Crippen LogP contribution in [0.3, 0.4) is 0 Å². The van der Waals surface area contributed by atoms with Gasteiger partial charge in [0.1, 0.15) is 0 Å². The van der Waals surface area contributed by atoms with Crippen LogP contribution < -0.4 is 0 Å². The summed E-state index contributed by atoms with van der Waals surface area (Å²) in [6, 6.07) is 5.87. The van der Waals surface area contributed by atoms with Gasteiger partial charge in [-0.25, -0.2) is 0 Å². The fourth-order valence-electron chi connectivity index (χ4n) is 3.83. The second-order valence-corrected chi connectivity index (χ2v) is 7.42. The Kier molecular flexibility index (Phi) is 5.23. The first kappa shape index (κ1) is 18.4. The number of carbonyl (C=O) groups excluding carboxylic acids is 1. The fraction of sp³-hybridized carbons (Fsp3) is 0.429. The van der Waals surface area contributed by atoms with Crippen LogP contribution in [-0.2, 0) is 13.6 Å². The number of rotatable bonds is 5. The lowest BCUT2D eigenvalue weighted by molar-refractivity contribution is 0.0603. The third-order valence-electron chi connectivity index (χ3n) is 5.61. The van der Waals surface area contributed by atoms with E-state index in [1.54, 1.807) is 29.3 Å². The summed E-state index contributed by atoms with van der Waals surface area (Å²) in [5, 5.41) is 8.32. The normalized spacial score (nSPS) is 14.9. The molecule has 3 aromatic rings. The van der Waals surface area contributed by atoms with E-state index in [0.717, 1.165) is 42.5 Å². The molecule has 3 heterocycles. The highest BCUT2D eigenvalue weighted by Crippen LogP contribution is 2.28. The van der Waals surface area contributed by atoms with Gasteiger partial charge in [0.15, 0.2) is 11.5 Å². The van der Waals surface area contributed by atoms with Gasteiger partial charge in [-0.3, -0.25) is 14.5 Å². The molecule has 1 fully saturated rings. The average molecular weight is 379 g/mol. The number of hydrogen-bond acceptors (Lipinski definition) is 5. The summed E-state index contributed by atoms with van der Waals surface area (Å²) in [6.07, 6.45) is 10.9. The first-order valence-corrected chi connectivity index (χ1v) is 9.79. The second kappa shape index (κ2) is 7.96. The van der Waals surface area contributed by atoms with Crippen molar-refractivity contribution in [3.63, 3.8) is 0 Å². The van der Waals surface area contributed by atoms with E-state index >= 15 is 0 Å². The summed E-state index contributed by atoms with van der Waals surface area (Å²) in [6.45, 7) is 2.52. The number of aryl methyl sites for hydroxylation is 1. The first-order valence-electron chi connectivity index (χ1n) is 9.79. The number of carbonyl (C=O) groups is 1. The molecule has 1 aliphatic rings. The highest BCUT2D eigenvalue weighted by molar-refractivity contribution is 5.93. The monoisotopic (exact) mass is 379 g/mol. The highest BCUT2D eigenvalue weighted by Gasteiger charge is 2.29. The zero-order valence-electron chi connectivity index (χ0n) is 16.3. The Morgan fingerprint density at radius 2 is 2.00 bits per heavy atom. The quantitative estimate of drug-likeness (QED) is 0.675. The Morgan fingerprint density at radius 3 is 2.68 bits per heavy atom. The van der Waals surface area contributed by atoms with Crippen molar-refractivity contribution in [1.82, 2.24) is 24.8 Å². The number of hydrogen-bond donors (Lipinski definition) is 0. The van der Waals surface area contributed by atoms with E-state index in [2.05, 4.69) is 15.2 Å². The predicted molar refractivity (Wildman–Crippen MR) is 104 cm³/mol. The molecule has 7 heteroatoms. The van der Waals surface area contributed by atoms with E-state index in [0.29, 0.717) is 18.0 Å². The topological polar surface area (TPSA) is 77.1 Å². The van der Waals surface area contributed by atoms with Crippen LogP contribution in [0, 0.1) is 6.92 Å². The fourth-order valence-corrected chi connectivity index (χ4v) is 3.83. The number of pyridine rings is 1. The van der Waals surface area contributed by atoms with E-state index in [9.17, 15) is 4.79 Å². The maximum absolute atomic E-state index is 13.4. The second-order valence-electron chi connectivity index (χ2n) is 7.42. The molecule has 1 amide bonds. The minimum Gasteiger partial charge on any atom is -0.355 e. The van der Waals surface area contributed by atoms with Crippen molar-refractivity contribution in [2.24, 2.45) is 7.05 Å². The van der Waals surface area contributed by atoms with Crippen LogP contribution in [-0.4, -0.2) is 36.8 Å². The third kappa shape index (κ3) is 3.69. The van der Waals surface area contributed by atoms with Crippen molar-refractivity contribution in [3.8, 4) is 11.3 Å². The first-order chi connectivity index (χ1) is 13.6. The van der Waals surface area contributed by atoms with Crippen LogP contribution >= 0.6 is 0 Å². The summed E-state index contributed by atoms with van der Waals surface area (Å²) in [5.74, 6) is 0.488. The summed E-state index contributed by atoms with van der Waals surface area (Å²) in [4.78, 5) is 19.4. The van der Waals surface area contributed by atoms with E-state index in [-0.39, 0.29) is 11.9 Å². The van der Waals surface area contributed by atoms with Gasteiger partial charge in [-0.2, -0.15) is 5.10 Å². The molecule has 0 radical (unpaired) electrons. The van der Waals surface area contributed by atoms with Gasteiger partial charge in [-0.05, 0) is 37.5 Å². The molecule has 7 nitrogen and oxygen atoms in total. The summed E-state index contributed by atoms with van der Waals surface area (Å²) < 4.78 is 7.27. The Labute approximate surface area is 164 Å². The van der Waals surface area contributed by atoms with Crippen LogP contribution in [0.1, 0.15) is 53.8 Å². The Balaban J connectivity index is 1.60. The molecule has 28 heavy (non-hydrogen) atoms. The van der Waals surface area contributed by atoms with E-state index in [1.165, 1.54) is 6.42 Å². The molecule has 146 valence electrons. The van der Waals surface area contributed by atoms with E-state index in [1.807, 2.05) is 31.0 Å². The molecule has 0 atom stereocenters. The van der Waals surface area contributed by atoms with Crippen LogP contribution in [0.15, 0.2) is 41.3 Å². The number of nitrogens with zero attached hydrogens (tertiary/aromatic N) is 5. The van der Waals surface area contributed by atoms with Crippen LogP contribution in [0.5, 0.6) is 0 Å². The van der Waals surface area contributed by atoms with Gasteiger partial charge in [0.05, 0.1) is 11.8 Å². The highest BCUT2D eigenvalue weighted by atomic mass is 16.5. The molecular formula is C21H25N5O2. The molecule has 0 spiro atoms. The standard InChI is InChI=1S/C21H25N5O2/c1-15-18(13-23-25(15)2)20-12-19(24-28-20)21(27)26(17-6-4-3-5-7-17)14-16-8-10-22-11-9-16/h8-13,17H,3-7,14H2,1-2H3. The molecule has 0 unspecified atom stereocenters. The summed E-state index contributed by atoms with van der Waals surface area (Å²) in [7, 11) is 1.88. The molecule has 3 aromatic heterocycles. The summed E-state index contributed by atoms with van der Waals surface area (Å²) >= 11 is 0. The number of aromatic nitrogens is 4. The zero-order valence-corrected chi connectivity index (χ0v) is 16.3. The molecule has 1 saturated carbocycles. The van der Waals surface area contributed by atoms with Gasteiger partial charge in [0.2, 0.25) is 0 Å². The largest absolute Gasteiger partial charge is 0.355 e. The zero-order chi connectivity index (χ0) is 19.5. The van der Waals surface area contributed by atoms with Gasteiger partial charge in [-0.15, -0.1) is 0 Å². The maximum atomic E-state index is 13.4. The van der Waals surface area contributed by atoms with Gasteiger partial charge in [0.25, 0.3) is 5.91 Å². The van der Waals surface area contributed by atoms with E-state index < -0.39 is 0 Å². The smallest absolute Gasteiger partial charge is 0.276 e. The molecular weight excluding hydrogens is 354 g/mol. The van der Waals surface area contributed by atoms with Crippen molar-refractivity contribution in [2.75, 3.05) is 0 Å². The lowest BCUT2D eigenvalue weighted by Crippen LogP contribution is -2.41. The molecule has 4 rings (SSSR count). The van der Waals surface area contributed by atoms with Crippen molar-refractivity contribution in [3.05, 3.63) is 53.7 Å². The summed E-state index contributed by atoms with van der Waals surface area (Å²) in [5.41, 5.74) is 3.24. The van der Waals surface area contributed by atoms with Crippen molar-refractivity contribution < 1.29 is 9.32 Å². The van der Waals surface area contributed by atoms with Gasteiger partial charge in [-0.1, -0.05) is 24.4 Å². The van der Waals surface area contributed by atoms with Crippen LogP contribution in [0.25, 0.3) is 11.3 Å². The third-order valence-corrected chi connectivity index (χ3v) is 5.61. The van der Waals surface area contributed by atoms with Gasteiger partial charge in [0, 0.05) is 43.8 Å². The van der Waals surface area contributed by atoms with Crippen molar-refractivity contribution in [2.45, 2.75) is 51.6 Å².